The largest absolute Gasteiger partial charge is 0.466 e. The quantitative estimate of drug-likeness (QED) is 0.0450. The fraction of sp³-hybridized carbons (Fsp3) is 0.852. The summed E-state index contributed by atoms with van der Waals surface area (Å²) in [5.74, 6) is 0.460. The van der Waals surface area contributed by atoms with Crippen LogP contribution in [0.5, 0.6) is 0 Å². The molecule has 0 rings (SSSR count). The number of esters is 2. The second-order valence-electron chi connectivity index (χ2n) is 8.71. The first kappa shape index (κ1) is 40.8. The van der Waals surface area contributed by atoms with Gasteiger partial charge in [0.05, 0.1) is 13.2 Å². The Morgan fingerprint density at radius 1 is 0.943 bits per heavy atom. The van der Waals surface area contributed by atoms with Crippen LogP contribution in [-0.4, -0.2) is 36.1 Å². The van der Waals surface area contributed by atoms with Gasteiger partial charge in [-0.1, -0.05) is 47.0 Å². The first-order valence-corrected chi connectivity index (χ1v) is 14.1. The molecule has 0 aromatic heterocycles. The van der Waals surface area contributed by atoms with Crippen molar-refractivity contribution < 1.29 is 70.1 Å². The van der Waals surface area contributed by atoms with E-state index in [0.29, 0.717) is 42.9 Å². The van der Waals surface area contributed by atoms with Crippen molar-refractivity contribution in [2.45, 2.75) is 129 Å². The minimum Gasteiger partial charge on any atom is -0.466 e. The van der Waals surface area contributed by atoms with E-state index in [9.17, 15) is 9.59 Å². The fourth-order valence-electron chi connectivity index (χ4n) is 2.83. The van der Waals surface area contributed by atoms with Gasteiger partial charge in [0.2, 0.25) is 0 Å². The van der Waals surface area contributed by atoms with E-state index >= 15 is 0 Å². The minimum atomic E-state index is -0.0698. The molecule has 5 atom stereocenters. The van der Waals surface area contributed by atoms with E-state index in [-0.39, 0.29) is 68.0 Å². The van der Waals surface area contributed by atoms with Crippen LogP contribution in [0.3, 0.4) is 0 Å². The Bertz CT molecular complexity index is 491. The van der Waals surface area contributed by atoms with E-state index < -0.39 is 0 Å². The zero-order valence-corrected chi connectivity index (χ0v) is 30.6. The number of thiol groups is 1. The first-order valence-electron chi connectivity index (χ1n) is 13.5. The average molecular weight is 796 g/mol. The molecule has 0 saturated carbocycles. The van der Waals surface area contributed by atoms with E-state index in [0.717, 1.165) is 64.2 Å². The molecule has 0 spiro atoms. The normalized spacial score (nSPS) is 14.0. The van der Waals surface area contributed by atoms with E-state index in [1.165, 1.54) is 0 Å². The van der Waals surface area contributed by atoms with Crippen LogP contribution in [0.15, 0.2) is 0 Å². The molecule has 207 valence electrons. The summed E-state index contributed by atoms with van der Waals surface area (Å²) in [4.78, 5) is 22.6. The molecular weight excluding hydrogens is 740 g/mol. The molecule has 0 bridgehead atoms. The number of ether oxygens (including phenoxy) is 2. The molecule has 0 aromatic carbocycles. The van der Waals surface area contributed by atoms with E-state index in [4.69, 9.17) is 10.8 Å². The van der Waals surface area contributed by atoms with Crippen molar-refractivity contribution in [1.29, 1.82) is 0 Å². The summed E-state index contributed by atoms with van der Waals surface area (Å²) in [6, 6.07) is 0. The van der Waals surface area contributed by atoms with Gasteiger partial charge in [0, 0.05) is 63.9 Å². The van der Waals surface area contributed by atoms with Crippen molar-refractivity contribution >= 4 is 33.8 Å². The molecule has 0 aromatic rings. The molecule has 0 N–H and O–H groups in total. The monoisotopic (exact) mass is 795 g/mol. The predicted octanol–water partition coefficient (Wildman–Crippen LogP) is 7.79. The van der Waals surface area contributed by atoms with Crippen LogP contribution in [0, 0.1) is 49.9 Å². The summed E-state index contributed by atoms with van der Waals surface area (Å²) < 4.78 is 17.8. The Morgan fingerprint density at radius 3 is 1.97 bits per heavy atom. The summed E-state index contributed by atoms with van der Waals surface area (Å²) in [5.41, 5.74) is 0.350. The third kappa shape index (κ3) is 37.6. The number of hydrogen-bond acceptors (Lipinski definition) is 5. The number of carbonyl (C=O) groups is 2. The number of hydrogen-bond donors (Lipinski definition) is 1. The van der Waals surface area contributed by atoms with Crippen molar-refractivity contribution in [3.8, 4) is 0 Å². The van der Waals surface area contributed by atoms with Gasteiger partial charge in [-0.3, -0.25) is 9.59 Å². The zero-order valence-electron chi connectivity index (χ0n) is 24.0. The van der Waals surface area contributed by atoms with Crippen LogP contribution in [0.25, 0.3) is 0 Å². The average Bonchev–Trinajstić information content (AvgIpc) is 2.79. The molecule has 4 nitrogen and oxygen atoms in total. The summed E-state index contributed by atoms with van der Waals surface area (Å²) in [6.07, 6.45) is 15.4. The van der Waals surface area contributed by atoms with E-state index in [2.05, 4.69) is 55.5 Å². The maximum absolute atomic E-state index is 11.5. The van der Waals surface area contributed by atoms with Gasteiger partial charge >= 0.3 is 11.9 Å². The van der Waals surface area contributed by atoms with Gasteiger partial charge in [-0.25, -0.2) is 12.6 Å². The van der Waals surface area contributed by atoms with Crippen LogP contribution in [0.2, 0.25) is 0 Å². The van der Waals surface area contributed by atoms with Gasteiger partial charge in [0.15, 0.2) is 0 Å². The topological polar surface area (TPSA) is 52.6 Å². The third-order valence-electron chi connectivity index (χ3n) is 5.34. The van der Waals surface area contributed by atoms with Crippen LogP contribution >= 0.6 is 21.9 Å². The Kier molecular flexibility index (Phi) is 39.0. The van der Waals surface area contributed by atoms with Gasteiger partial charge in [-0.2, -0.15) is 19.3 Å². The summed E-state index contributed by atoms with van der Waals surface area (Å²) in [5, 5.41) is 0.358. The molecule has 0 fully saturated rings. The Labute approximate surface area is 263 Å². The van der Waals surface area contributed by atoms with Gasteiger partial charge < -0.3 is 22.3 Å². The second-order valence-corrected chi connectivity index (χ2v) is 10.4. The molecule has 0 amide bonds. The predicted molar refractivity (Wildman–Crippen MR) is 149 cm³/mol. The van der Waals surface area contributed by atoms with E-state index in [1.807, 2.05) is 13.8 Å². The molecule has 1 radical (unpaired) electrons. The molecular formula is C27H53O4PSUV-2. The molecule has 8 heteroatoms. The van der Waals surface area contributed by atoms with Crippen molar-refractivity contribution in [3.05, 3.63) is 12.8 Å². The van der Waals surface area contributed by atoms with Crippen molar-refractivity contribution in [2.24, 2.45) is 5.92 Å². The second kappa shape index (κ2) is 33.4. The van der Waals surface area contributed by atoms with Crippen molar-refractivity contribution in [1.82, 2.24) is 0 Å². The van der Waals surface area contributed by atoms with Crippen LogP contribution in [0.4, 0.5) is 0 Å². The molecule has 0 aliphatic rings. The standard InChI is InChI=1S/C15H30O2P.C12H23O2S.U.V/c1-4-13(3)9-8-11-15(16)17-12-7-6-10-14(18)5-2;1-3-4-9-12(13)14-10-7-5-6-8-11(2)15;;/h4,13-14H,5-12,18H2,1-3H3;8,11,15H,3-7,9-10H2,1-2H3;;/q2*-1;;/i5T;;;. The third-order valence-corrected chi connectivity index (χ3v) is 6.27. The van der Waals surface area contributed by atoms with Crippen LogP contribution in [-0.2, 0) is 37.6 Å². The maximum atomic E-state index is 11.5. The summed E-state index contributed by atoms with van der Waals surface area (Å²) in [6.45, 7) is 11.3. The Hall–Kier alpha value is 1.36. The van der Waals surface area contributed by atoms with Gasteiger partial charge in [0.25, 0.3) is 0 Å². The number of carbonyl (C=O) groups excluding carboxylic acids is 2. The number of rotatable bonds is 20. The molecule has 0 aliphatic carbocycles. The molecule has 5 unspecified atom stereocenters. The molecule has 0 heterocycles. The van der Waals surface area contributed by atoms with Gasteiger partial charge in [0.1, 0.15) is 0 Å². The van der Waals surface area contributed by atoms with Crippen molar-refractivity contribution in [3.63, 3.8) is 0 Å². The van der Waals surface area contributed by atoms with Gasteiger partial charge in [-0.15, -0.1) is 14.5 Å². The smallest absolute Gasteiger partial charge is 0.305 e. The molecule has 0 saturated heterocycles. The summed E-state index contributed by atoms with van der Waals surface area (Å²) in [7, 11) is 2.72. The maximum Gasteiger partial charge on any atom is 0.305 e. The fourth-order valence-corrected chi connectivity index (χ4v) is 3.21. The number of unbranched alkanes of at least 4 members (excludes halogenated alkanes) is 4. The van der Waals surface area contributed by atoms with Crippen LogP contribution < -0.4 is 0 Å². The summed E-state index contributed by atoms with van der Waals surface area (Å²) >= 11 is 4.25. The van der Waals surface area contributed by atoms with Gasteiger partial charge in [-0.05, 0) is 50.6 Å². The zero-order chi connectivity index (χ0) is 26.2. The minimum absolute atomic E-state index is 0. The first-order chi connectivity index (χ1) is 16.1. The molecule has 0 aliphatic heterocycles. The van der Waals surface area contributed by atoms with Crippen molar-refractivity contribution in [2.75, 3.05) is 13.2 Å². The Balaban J connectivity index is -0.000000276. The van der Waals surface area contributed by atoms with Crippen LogP contribution in [0.1, 0.15) is 119 Å². The van der Waals surface area contributed by atoms with E-state index in [1.54, 1.807) is 0 Å². The Morgan fingerprint density at radius 2 is 1.49 bits per heavy atom. The SMILES string of the molecule is CCCCC(=O)OCCCC[CH-]C(C)S.[3H]C(C)C(P)CCCCOC(=O)CCCC(C)[CH-]C.[U].[V]. The molecule has 35 heavy (non-hydrogen) atoms.